The van der Waals surface area contributed by atoms with Gasteiger partial charge in [0.2, 0.25) is 0 Å². The molecule has 0 atom stereocenters. The van der Waals surface area contributed by atoms with E-state index in [1.165, 1.54) is 12.1 Å². The molecule has 2 nitrogen and oxygen atoms in total. The first-order chi connectivity index (χ1) is 6.06. The third-order valence-electron chi connectivity index (χ3n) is 1.51. The zero-order valence-electron chi connectivity index (χ0n) is 6.48. The Labute approximate surface area is 91.6 Å². The summed E-state index contributed by atoms with van der Waals surface area (Å²) >= 11 is 6.02. The van der Waals surface area contributed by atoms with Gasteiger partial charge in [-0.1, -0.05) is 15.9 Å². The van der Waals surface area contributed by atoms with Crippen LogP contribution in [0.5, 0.6) is 0 Å². The Morgan fingerprint density at radius 2 is 2.15 bits per heavy atom. The number of nitrogen functional groups attached to an aromatic ring is 1. The molecule has 5 heteroatoms. The molecule has 1 aromatic rings. The normalized spacial score (nSPS) is 10.1. The highest BCUT2D eigenvalue weighted by molar-refractivity contribution is 9.10. The summed E-state index contributed by atoms with van der Waals surface area (Å²) in [5.74, 6) is -0.887. The number of ketones is 1. The van der Waals surface area contributed by atoms with Crippen LogP contribution in [0.4, 0.5) is 10.1 Å². The van der Waals surface area contributed by atoms with Crippen molar-refractivity contribution < 1.29 is 9.18 Å². The third-order valence-corrected chi connectivity index (χ3v) is 2.70. The monoisotopic (exact) mass is 309 g/mol. The first-order valence-corrected chi connectivity index (χ1v) is 5.31. The van der Waals surface area contributed by atoms with Crippen LogP contribution in [0.2, 0.25) is 0 Å². The number of rotatable bonds is 2. The van der Waals surface area contributed by atoms with E-state index >= 15 is 0 Å². The van der Waals surface area contributed by atoms with E-state index in [-0.39, 0.29) is 16.7 Å². The van der Waals surface area contributed by atoms with E-state index in [9.17, 15) is 9.18 Å². The summed E-state index contributed by atoms with van der Waals surface area (Å²) in [7, 11) is 0. The smallest absolute Gasteiger partial charge is 0.176 e. The van der Waals surface area contributed by atoms with Crippen molar-refractivity contribution in [2.75, 3.05) is 11.1 Å². The van der Waals surface area contributed by atoms with Crippen molar-refractivity contribution in [3.8, 4) is 0 Å². The standard InChI is InChI=1S/C8H6Br2FNO/c9-3-8(13)4-1-7(12)5(10)2-6(4)11/h1-2H,3,12H2. The minimum atomic E-state index is -0.564. The molecule has 0 fully saturated rings. The molecular formula is C8H6Br2FNO. The summed E-state index contributed by atoms with van der Waals surface area (Å²) in [5, 5.41) is 0.0883. The first-order valence-electron chi connectivity index (χ1n) is 3.40. The van der Waals surface area contributed by atoms with Crippen LogP contribution in [0.3, 0.4) is 0 Å². The molecule has 0 spiro atoms. The number of carbonyl (C=O) groups is 1. The Bertz CT molecular complexity index is 354. The van der Waals surface area contributed by atoms with Gasteiger partial charge in [-0.3, -0.25) is 4.79 Å². The summed E-state index contributed by atoms with van der Waals surface area (Å²) in [6.07, 6.45) is 0. The predicted octanol–water partition coefficient (Wildman–Crippen LogP) is 2.75. The van der Waals surface area contributed by atoms with Crippen LogP contribution in [0.25, 0.3) is 0 Å². The predicted molar refractivity (Wildman–Crippen MR) is 56.6 cm³/mol. The van der Waals surface area contributed by atoms with Gasteiger partial charge in [0.15, 0.2) is 5.78 Å². The van der Waals surface area contributed by atoms with Gasteiger partial charge in [-0.2, -0.15) is 0 Å². The lowest BCUT2D eigenvalue weighted by Gasteiger charge is -2.03. The van der Waals surface area contributed by atoms with Crippen molar-refractivity contribution in [1.29, 1.82) is 0 Å². The highest BCUT2D eigenvalue weighted by atomic mass is 79.9. The Morgan fingerprint density at radius 3 is 2.69 bits per heavy atom. The molecule has 0 aromatic heterocycles. The van der Waals surface area contributed by atoms with Crippen LogP contribution >= 0.6 is 31.9 Å². The van der Waals surface area contributed by atoms with Gasteiger partial charge in [0.1, 0.15) is 5.82 Å². The largest absolute Gasteiger partial charge is 0.398 e. The molecule has 0 radical (unpaired) electrons. The number of hydrogen-bond acceptors (Lipinski definition) is 2. The highest BCUT2D eigenvalue weighted by Crippen LogP contribution is 2.23. The van der Waals surface area contributed by atoms with Gasteiger partial charge in [0.05, 0.1) is 10.9 Å². The number of carbonyl (C=O) groups excluding carboxylic acids is 1. The SMILES string of the molecule is Nc1cc(C(=O)CBr)c(F)cc1Br. The molecule has 0 aliphatic carbocycles. The molecule has 0 amide bonds. The lowest BCUT2D eigenvalue weighted by molar-refractivity contribution is 0.102. The van der Waals surface area contributed by atoms with Crippen LogP contribution in [0.15, 0.2) is 16.6 Å². The molecule has 0 saturated carbocycles. The van der Waals surface area contributed by atoms with Crippen LogP contribution in [0, 0.1) is 5.82 Å². The maximum Gasteiger partial charge on any atom is 0.176 e. The molecule has 0 bridgehead atoms. The van der Waals surface area contributed by atoms with Crippen molar-refractivity contribution in [3.63, 3.8) is 0 Å². The molecule has 13 heavy (non-hydrogen) atoms. The second-order valence-electron chi connectivity index (χ2n) is 2.41. The fourth-order valence-corrected chi connectivity index (χ4v) is 1.47. The average Bonchev–Trinajstić information content (AvgIpc) is 2.10. The van der Waals surface area contributed by atoms with Gasteiger partial charge in [0, 0.05) is 10.2 Å². The second kappa shape index (κ2) is 4.19. The fourth-order valence-electron chi connectivity index (χ4n) is 0.851. The van der Waals surface area contributed by atoms with Crippen LogP contribution in [-0.2, 0) is 0 Å². The van der Waals surface area contributed by atoms with Gasteiger partial charge >= 0.3 is 0 Å². The lowest BCUT2D eigenvalue weighted by Crippen LogP contribution is -2.04. The van der Waals surface area contributed by atoms with E-state index in [0.717, 1.165) is 0 Å². The number of halogens is 3. The number of Topliss-reactive ketones (excluding diaryl/α,β-unsaturated/α-hetero) is 1. The van der Waals surface area contributed by atoms with Gasteiger partial charge in [0.25, 0.3) is 0 Å². The minimum Gasteiger partial charge on any atom is -0.398 e. The molecule has 0 aliphatic heterocycles. The average molecular weight is 311 g/mol. The zero-order chi connectivity index (χ0) is 10.0. The Hall–Kier alpha value is -0.420. The Morgan fingerprint density at radius 1 is 1.54 bits per heavy atom. The number of nitrogens with two attached hydrogens (primary N) is 1. The van der Waals surface area contributed by atoms with Crippen molar-refractivity contribution in [2.24, 2.45) is 0 Å². The number of benzene rings is 1. The molecule has 1 aromatic carbocycles. The van der Waals surface area contributed by atoms with E-state index in [4.69, 9.17) is 5.73 Å². The van der Waals surface area contributed by atoms with Gasteiger partial charge in [-0.05, 0) is 28.1 Å². The molecule has 2 N–H and O–H groups in total. The second-order valence-corrected chi connectivity index (χ2v) is 3.83. The van der Waals surface area contributed by atoms with Crippen LogP contribution in [0.1, 0.15) is 10.4 Å². The topological polar surface area (TPSA) is 43.1 Å². The van der Waals surface area contributed by atoms with Gasteiger partial charge < -0.3 is 5.73 Å². The molecule has 0 aliphatic rings. The van der Waals surface area contributed by atoms with Crippen LogP contribution < -0.4 is 5.73 Å². The van der Waals surface area contributed by atoms with E-state index in [2.05, 4.69) is 31.9 Å². The molecule has 70 valence electrons. The van der Waals surface area contributed by atoms with Crippen LogP contribution in [-0.4, -0.2) is 11.1 Å². The van der Waals surface area contributed by atoms with E-state index in [0.29, 0.717) is 10.2 Å². The van der Waals surface area contributed by atoms with Crippen molar-refractivity contribution in [3.05, 3.63) is 28.0 Å². The van der Waals surface area contributed by atoms with E-state index < -0.39 is 5.82 Å². The van der Waals surface area contributed by atoms with Gasteiger partial charge in [-0.25, -0.2) is 4.39 Å². The number of anilines is 1. The number of alkyl halides is 1. The molecule has 1 rings (SSSR count). The molecular weight excluding hydrogens is 305 g/mol. The minimum absolute atomic E-state index is 0.0116. The Balaban J connectivity index is 3.23. The van der Waals surface area contributed by atoms with E-state index in [1.807, 2.05) is 0 Å². The first kappa shape index (κ1) is 10.7. The summed E-state index contributed by atoms with van der Waals surface area (Å²) in [6, 6.07) is 2.51. The summed E-state index contributed by atoms with van der Waals surface area (Å²) in [6.45, 7) is 0. The van der Waals surface area contributed by atoms with Crippen molar-refractivity contribution in [2.45, 2.75) is 0 Å². The maximum absolute atomic E-state index is 13.1. The summed E-state index contributed by atoms with van der Waals surface area (Å²) in [5.41, 5.74) is 5.87. The highest BCUT2D eigenvalue weighted by Gasteiger charge is 2.12. The molecule has 0 saturated heterocycles. The Kier molecular flexibility index (Phi) is 3.44. The van der Waals surface area contributed by atoms with Gasteiger partial charge in [-0.15, -0.1) is 0 Å². The van der Waals surface area contributed by atoms with Crippen molar-refractivity contribution >= 4 is 43.3 Å². The summed E-state index contributed by atoms with van der Waals surface area (Å²) < 4.78 is 13.6. The zero-order valence-corrected chi connectivity index (χ0v) is 9.65. The molecule has 0 heterocycles. The molecule has 0 unspecified atom stereocenters. The maximum atomic E-state index is 13.1. The van der Waals surface area contributed by atoms with E-state index in [1.54, 1.807) is 0 Å². The fraction of sp³-hybridized carbons (Fsp3) is 0.125. The quantitative estimate of drug-likeness (QED) is 0.518. The lowest BCUT2D eigenvalue weighted by atomic mass is 10.1. The van der Waals surface area contributed by atoms with Crippen molar-refractivity contribution in [1.82, 2.24) is 0 Å². The number of hydrogen-bond donors (Lipinski definition) is 1. The summed E-state index contributed by atoms with van der Waals surface area (Å²) in [4.78, 5) is 11.1. The third kappa shape index (κ3) is 2.28.